The molecule has 0 aliphatic heterocycles. The van der Waals surface area contributed by atoms with E-state index in [0.29, 0.717) is 11.8 Å². The third-order valence-electron chi connectivity index (χ3n) is 3.95. The van der Waals surface area contributed by atoms with E-state index in [0.717, 1.165) is 25.3 Å². The van der Waals surface area contributed by atoms with E-state index in [2.05, 4.69) is 19.2 Å². The van der Waals surface area contributed by atoms with Crippen molar-refractivity contribution >= 4 is 5.91 Å². The molecular weight excluding hydrogens is 245 g/mol. The Morgan fingerprint density at radius 1 is 1.37 bits per heavy atom. The average molecular weight is 265 g/mol. The van der Waals surface area contributed by atoms with Gasteiger partial charge in [-0.15, -0.1) is 0 Å². The number of benzene rings is 1. The highest BCUT2D eigenvalue weighted by Crippen LogP contribution is 2.29. The summed E-state index contributed by atoms with van der Waals surface area (Å²) in [5.41, 5.74) is -0.0105. The smallest absolute Gasteiger partial charge is 0.254 e. The second-order valence-electron chi connectivity index (χ2n) is 5.64. The Bertz CT molecular complexity index is 475. The van der Waals surface area contributed by atoms with Crippen molar-refractivity contribution in [3.63, 3.8) is 0 Å². The number of halogens is 1. The molecule has 0 radical (unpaired) electrons. The number of rotatable bonds is 2. The SMILES string of the molecule is CC1CCC(NC(=O)c2ccc(O)cc2F)C(C)C1. The van der Waals surface area contributed by atoms with Crippen molar-refractivity contribution in [1.29, 1.82) is 0 Å². The van der Waals surface area contributed by atoms with Crippen LogP contribution in [0.5, 0.6) is 5.75 Å². The van der Waals surface area contributed by atoms with Crippen molar-refractivity contribution in [2.24, 2.45) is 11.8 Å². The summed E-state index contributed by atoms with van der Waals surface area (Å²) in [7, 11) is 0. The molecule has 1 aliphatic carbocycles. The summed E-state index contributed by atoms with van der Waals surface area (Å²) in [5.74, 6) is -0.159. The van der Waals surface area contributed by atoms with Crippen LogP contribution < -0.4 is 5.32 Å². The van der Waals surface area contributed by atoms with Gasteiger partial charge in [-0.2, -0.15) is 0 Å². The second-order valence-corrected chi connectivity index (χ2v) is 5.64. The Labute approximate surface area is 112 Å². The monoisotopic (exact) mass is 265 g/mol. The van der Waals surface area contributed by atoms with E-state index in [-0.39, 0.29) is 17.4 Å². The lowest BCUT2D eigenvalue weighted by molar-refractivity contribution is 0.0895. The molecule has 0 heterocycles. The van der Waals surface area contributed by atoms with E-state index in [4.69, 9.17) is 5.11 Å². The van der Waals surface area contributed by atoms with E-state index < -0.39 is 11.7 Å². The zero-order valence-electron chi connectivity index (χ0n) is 11.3. The van der Waals surface area contributed by atoms with Gasteiger partial charge in [-0.3, -0.25) is 4.79 Å². The standard InChI is InChI=1S/C15H20FNO2/c1-9-3-6-14(10(2)7-9)17-15(19)12-5-4-11(18)8-13(12)16/h4-5,8-10,14,18H,3,6-7H2,1-2H3,(H,17,19). The predicted octanol–water partition coefficient (Wildman–Crippen LogP) is 3.09. The van der Waals surface area contributed by atoms with Crippen LogP contribution in [0.15, 0.2) is 18.2 Å². The summed E-state index contributed by atoms with van der Waals surface area (Å²) in [5, 5.41) is 12.0. The number of carbonyl (C=O) groups is 1. The Morgan fingerprint density at radius 2 is 2.11 bits per heavy atom. The fourth-order valence-corrected chi connectivity index (χ4v) is 2.81. The van der Waals surface area contributed by atoms with Crippen molar-refractivity contribution in [2.45, 2.75) is 39.2 Å². The quantitative estimate of drug-likeness (QED) is 0.863. The molecule has 2 N–H and O–H groups in total. The number of aromatic hydroxyl groups is 1. The largest absolute Gasteiger partial charge is 0.508 e. The molecule has 3 atom stereocenters. The Hall–Kier alpha value is -1.58. The van der Waals surface area contributed by atoms with Crippen molar-refractivity contribution in [1.82, 2.24) is 5.32 Å². The van der Waals surface area contributed by atoms with Gasteiger partial charge in [-0.05, 0) is 43.2 Å². The van der Waals surface area contributed by atoms with Gasteiger partial charge in [0.1, 0.15) is 11.6 Å². The number of phenols is 1. The molecule has 1 saturated carbocycles. The maximum Gasteiger partial charge on any atom is 0.254 e. The van der Waals surface area contributed by atoms with Crippen LogP contribution in [0.1, 0.15) is 43.5 Å². The van der Waals surface area contributed by atoms with Crippen molar-refractivity contribution < 1.29 is 14.3 Å². The van der Waals surface area contributed by atoms with Gasteiger partial charge in [-0.25, -0.2) is 4.39 Å². The van der Waals surface area contributed by atoms with E-state index in [1.165, 1.54) is 12.1 Å². The van der Waals surface area contributed by atoms with Gasteiger partial charge in [0.15, 0.2) is 0 Å². The number of hydrogen-bond acceptors (Lipinski definition) is 2. The summed E-state index contributed by atoms with van der Waals surface area (Å²) >= 11 is 0. The maximum atomic E-state index is 13.6. The number of carbonyl (C=O) groups excluding carboxylic acids is 1. The lowest BCUT2D eigenvalue weighted by Crippen LogP contribution is -2.42. The van der Waals surface area contributed by atoms with Gasteiger partial charge in [0.05, 0.1) is 5.56 Å². The predicted molar refractivity (Wildman–Crippen MR) is 71.5 cm³/mol. The van der Waals surface area contributed by atoms with Crippen LogP contribution in [-0.4, -0.2) is 17.1 Å². The summed E-state index contributed by atoms with van der Waals surface area (Å²) in [6.45, 7) is 4.34. The van der Waals surface area contributed by atoms with Crippen molar-refractivity contribution in [3.05, 3.63) is 29.6 Å². The molecule has 1 aromatic carbocycles. The maximum absolute atomic E-state index is 13.6. The van der Waals surface area contributed by atoms with E-state index in [1.54, 1.807) is 0 Å². The van der Waals surface area contributed by atoms with Crippen molar-refractivity contribution in [3.8, 4) is 5.75 Å². The fourth-order valence-electron chi connectivity index (χ4n) is 2.81. The summed E-state index contributed by atoms with van der Waals surface area (Å²) in [6.07, 6.45) is 3.12. The van der Waals surface area contributed by atoms with Gasteiger partial charge in [-0.1, -0.05) is 13.8 Å². The topological polar surface area (TPSA) is 49.3 Å². The van der Waals surface area contributed by atoms with Gasteiger partial charge < -0.3 is 10.4 Å². The van der Waals surface area contributed by atoms with Crippen LogP contribution in [0.4, 0.5) is 4.39 Å². The van der Waals surface area contributed by atoms with Crippen LogP contribution in [-0.2, 0) is 0 Å². The molecule has 3 unspecified atom stereocenters. The van der Waals surface area contributed by atoms with Crippen LogP contribution in [0, 0.1) is 17.7 Å². The first-order valence-electron chi connectivity index (χ1n) is 6.76. The number of phenolic OH excluding ortho intramolecular Hbond substituents is 1. The van der Waals surface area contributed by atoms with Crippen LogP contribution in [0.3, 0.4) is 0 Å². The lowest BCUT2D eigenvalue weighted by Gasteiger charge is -2.33. The van der Waals surface area contributed by atoms with Crippen LogP contribution in [0.2, 0.25) is 0 Å². The summed E-state index contributed by atoms with van der Waals surface area (Å²) < 4.78 is 13.6. The third kappa shape index (κ3) is 3.25. The molecule has 4 heteroatoms. The molecule has 104 valence electrons. The minimum atomic E-state index is -0.686. The number of nitrogens with one attached hydrogen (secondary N) is 1. The second kappa shape index (κ2) is 5.59. The normalized spacial score (nSPS) is 27.0. The molecule has 1 aromatic rings. The molecule has 2 rings (SSSR count). The number of hydrogen-bond donors (Lipinski definition) is 2. The van der Waals surface area contributed by atoms with Gasteiger partial charge in [0.25, 0.3) is 5.91 Å². The Morgan fingerprint density at radius 3 is 2.74 bits per heavy atom. The van der Waals surface area contributed by atoms with E-state index in [9.17, 15) is 9.18 Å². The molecule has 1 aliphatic rings. The highest BCUT2D eigenvalue weighted by Gasteiger charge is 2.27. The first-order chi connectivity index (χ1) is 8.97. The first-order valence-corrected chi connectivity index (χ1v) is 6.76. The highest BCUT2D eigenvalue weighted by molar-refractivity contribution is 5.94. The Balaban J connectivity index is 2.04. The van der Waals surface area contributed by atoms with Gasteiger partial charge in [0, 0.05) is 12.1 Å². The molecule has 0 saturated heterocycles. The molecular formula is C15H20FNO2. The van der Waals surface area contributed by atoms with E-state index >= 15 is 0 Å². The minimum Gasteiger partial charge on any atom is -0.508 e. The first kappa shape index (κ1) is 13.8. The van der Waals surface area contributed by atoms with Gasteiger partial charge >= 0.3 is 0 Å². The molecule has 0 bridgehead atoms. The van der Waals surface area contributed by atoms with Crippen LogP contribution in [0.25, 0.3) is 0 Å². The fraction of sp³-hybridized carbons (Fsp3) is 0.533. The minimum absolute atomic E-state index is 0.0105. The molecule has 1 fully saturated rings. The summed E-state index contributed by atoms with van der Waals surface area (Å²) in [4.78, 5) is 12.0. The molecule has 3 nitrogen and oxygen atoms in total. The molecule has 19 heavy (non-hydrogen) atoms. The highest BCUT2D eigenvalue weighted by atomic mass is 19.1. The number of amides is 1. The third-order valence-corrected chi connectivity index (χ3v) is 3.95. The zero-order chi connectivity index (χ0) is 14.0. The van der Waals surface area contributed by atoms with Crippen LogP contribution >= 0.6 is 0 Å². The molecule has 0 aromatic heterocycles. The van der Waals surface area contributed by atoms with E-state index in [1.807, 2.05) is 0 Å². The zero-order valence-corrected chi connectivity index (χ0v) is 11.3. The molecule has 1 amide bonds. The molecule has 0 spiro atoms. The summed E-state index contributed by atoms with van der Waals surface area (Å²) in [6, 6.07) is 3.71. The lowest BCUT2D eigenvalue weighted by atomic mass is 9.80. The van der Waals surface area contributed by atoms with Gasteiger partial charge in [0.2, 0.25) is 0 Å². The Kier molecular flexibility index (Phi) is 4.08. The van der Waals surface area contributed by atoms with Crippen molar-refractivity contribution in [2.75, 3.05) is 0 Å². The average Bonchev–Trinajstić information content (AvgIpc) is 2.32.